The monoisotopic (exact) mass is 395 g/mol. The lowest BCUT2D eigenvalue weighted by Crippen LogP contribution is -2.47. The average Bonchev–Trinajstić information content (AvgIpc) is 2.70. The number of nitrogens with one attached hydrogen (secondary N) is 1. The van der Waals surface area contributed by atoms with Gasteiger partial charge in [-0.05, 0) is 63.2 Å². The van der Waals surface area contributed by atoms with Crippen LogP contribution in [0.15, 0.2) is 65.5 Å². The van der Waals surface area contributed by atoms with E-state index in [1.165, 1.54) is 18.2 Å². The van der Waals surface area contributed by atoms with Gasteiger partial charge in [0.1, 0.15) is 17.1 Å². The van der Waals surface area contributed by atoms with Gasteiger partial charge in [-0.3, -0.25) is 9.59 Å². The lowest BCUT2D eigenvalue weighted by molar-refractivity contribution is -0.123. The maximum Gasteiger partial charge on any atom is 0.267 e. The first-order valence-electron chi connectivity index (χ1n) is 9.23. The number of aromatic nitrogens is 2. The normalized spacial score (nSPS) is 11.2. The molecule has 0 unspecified atom stereocenters. The molecular formula is C22H22FN3O3. The zero-order chi connectivity index (χ0) is 21.0. The highest BCUT2D eigenvalue weighted by molar-refractivity contribution is 5.97. The molecule has 0 fully saturated rings. The summed E-state index contributed by atoms with van der Waals surface area (Å²) in [5.41, 5.74) is -0.102. The zero-order valence-electron chi connectivity index (χ0n) is 16.5. The number of para-hydroxylation sites is 2. The summed E-state index contributed by atoms with van der Waals surface area (Å²) in [4.78, 5) is 25.5. The number of benzene rings is 2. The van der Waals surface area contributed by atoms with Crippen molar-refractivity contribution in [2.24, 2.45) is 0 Å². The molecule has 3 aromatic rings. The predicted octanol–water partition coefficient (Wildman–Crippen LogP) is 3.82. The number of halogens is 1. The van der Waals surface area contributed by atoms with Crippen LogP contribution in [0.4, 0.5) is 10.1 Å². The zero-order valence-corrected chi connectivity index (χ0v) is 16.5. The van der Waals surface area contributed by atoms with E-state index in [1.54, 1.807) is 50.2 Å². The molecule has 1 aromatic heterocycles. The van der Waals surface area contributed by atoms with Gasteiger partial charge in [-0.2, -0.15) is 5.10 Å². The van der Waals surface area contributed by atoms with Crippen molar-refractivity contribution in [2.75, 3.05) is 11.9 Å². The van der Waals surface area contributed by atoms with Gasteiger partial charge in [-0.25, -0.2) is 9.07 Å². The number of rotatable bonds is 6. The van der Waals surface area contributed by atoms with E-state index in [9.17, 15) is 14.0 Å². The maximum absolute atomic E-state index is 13.2. The summed E-state index contributed by atoms with van der Waals surface area (Å²) in [6.45, 7) is 5.52. The molecule has 2 aromatic carbocycles. The fourth-order valence-corrected chi connectivity index (χ4v) is 2.81. The SMILES string of the molecule is CCOc1ccccc1NC(=O)C(C)(C)n1nc(-c2ccc(F)cc2)ccc1=O. The summed E-state index contributed by atoms with van der Waals surface area (Å²) >= 11 is 0. The molecule has 3 rings (SSSR count). The van der Waals surface area contributed by atoms with Crippen LogP contribution in [0.1, 0.15) is 20.8 Å². The van der Waals surface area contributed by atoms with Crippen LogP contribution in [0.2, 0.25) is 0 Å². The number of amides is 1. The molecule has 0 spiro atoms. The van der Waals surface area contributed by atoms with Crippen LogP contribution >= 0.6 is 0 Å². The van der Waals surface area contributed by atoms with Crippen LogP contribution in [0.5, 0.6) is 5.75 Å². The summed E-state index contributed by atoms with van der Waals surface area (Å²) in [5, 5.41) is 7.17. The Morgan fingerprint density at radius 1 is 1.10 bits per heavy atom. The first kappa shape index (κ1) is 20.3. The Kier molecular flexibility index (Phi) is 5.77. The predicted molar refractivity (Wildman–Crippen MR) is 109 cm³/mol. The molecule has 0 bridgehead atoms. The third-order valence-electron chi connectivity index (χ3n) is 4.46. The largest absolute Gasteiger partial charge is 0.492 e. The highest BCUT2D eigenvalue weighted by Gasteiger charge is 2.33. The van der Waals surface area contributed by atoms with Gasteiger partial charge in [-0.1, -0.05) is 12.1 Å². The van der Waals surface area contributed by atoms with E-state index in [0.717, 1.165) is 4.68 Å². The van der Waals surface area contributed by atoms with Crippen molar-refractivity contribution in [3.05, 3.63) is 76.8 Å². The van der Waals surface area contributed by atoms with Crippen LogP contribution in [0.25, 0.3) is 11.3 Å². The topological polar surface area (TPSA) is 73.2 Å². The minimum absolute atomic E-state index is 0.366. The summed E-state index contributed by atoms with van der Waals surface area (Å²) in [7, 11) is 0. The number of ether oxygens (including phenoxy) is 1. The minimum atomic E-state index is -1.29. The van der Waals surface area contributed by atoms with Gasteiger partial charge >= 0.3 is 0 Å². The molecule has 1 heterocycles. The number of hydrogen-bond donors (Lipinski definition) is 1. The second-order valence-electron chi connectivity index (χ2n) is 6.92. The summed E-state index contributed by atoms with van der Waals surface area (Å²) in [5.74, 6) is -0.246. The first-order valence-corrected chi connectivity index (χ1v) is 9.23. The molecule has 29 heavy (non-hydrogen) atoms. The van der Waals surface area contributed by atoms with Crippen LogP contribution in [0.3, 0.4) is 0 Å². The molecular weight excluding hydrogens is 373 g/mol. The van der Waals surface area contributed by atoms with E-state index in [2.05, 4.69) is 10.4 Å². The van der Waals surface area contributed by atoms with Crippen LogP contribution in [-0.4, -0.2) is 22.3 Å². The highest BCUT2D eigenvalue weighted by Crippen LogP contribution is 2.26. The second kappa shape index (κ2) is 8.26. The van der Waals surface area contributed by atoms with Crippen molar-refractivity contribution < 1.29 is 13.9 Å². The van der Waals surface area contributed by atoms with Crippen molar-refractivity contribution in [1.29, 1.82) is 0 Å². The molecule has 0 saturated heterocycles. The third-order valence-corrected chi connectivity index (χ3v) is 4.46. The van der Waals surface area contributed by atoms with Crippen molar-refractivity contribution in [1.82, 2.24) is 9.78 Å². The summed E-state index contributed by atoms with van der Waals surface area (Å²) in [6, 6.07) is 15.7. The van der Waals surface area contributed by atoms with E-state index in [4.69, 9.17) is 4.74 Å². The standard InChI is InChI=1S/C22H22FN3O3/c1-4-29-19-8-6-5-7-18(19)24-21(28)22(2,3)26-20(27)14-13-17(25-26)15-9-11-16(23)12-10-15/h5-14H,4H2,1-3H3,(H,24,28). The molecule has 0 saturated carbocycles. The van der Waals surface area contributed by atoms with Crippen molar-refractivity contribution in [3.8, 4) is 17.0 Å². The number of nitrogens with zero attached hydrogens (tertiary/aromatic N) is 2. The first-order chi connectivity index (χ1) is 13.8. The van der Waals surface area contributed by atoms with Gasteiger partial charge in [0, 0.05) is 11.6 Å². The van der Waals surface area contributed by atoms with Gasteiger partial charge < -0.3 is 10.1 Å². The number of anilines is 1. The lowest BCUT2D eigenvalue weighted by Gasteiger charge is -2.26. The van der Waals surface area contributed by atoms with E-state index in [0.29, 0.717) is 29.3 Å². The second-order valence-corrected chi connectivity index (χ2v) is 6.92. The Morgan fingerprint density at radius 2 is 1.79 bits per heavy atom. The molecule has 1 amide bonds. The number of carbonyl (C=O) groups is 1. The number of hydrogen-bond acceptors (Lipinski definition) is 4. The van der Waals surface area contributed by atoms with E-state index in [-0.39, 0.29) is 5.82 Å². The molecule has 150 valence electrons. The van der Waals surface area contributed by atoms with Crippen molar-refractivity contribution >= 4 is 11.6 Å². The molecule has 0 atom stereocenters. The van der Waals surface area contributed by atoms with Crippen LogP contribution in [0, 0.1) is 5.82 Å². The Morgan fingerprint density at radius 3 is 2.48 bits per heavy atom. The third kappa shape index (κ3) is 4.34. The molecule has 0 aliphatic carbocycles. The van der Waals surface area contributed by atoms with Gasteiger partial charge in [0.15, 0.2) is 0 Å². The van der Waals surface area contributed by atoms with Gasteiger partial charge in [0.25, 0.3) is 11.5 Å². The van der Waals surface area contributed by atoms with Crippen LogP contribution in [-0.2, 0) is 10.3 Å². The minimum Gasteiger partial charge on any atom is -0.492 e. The van der Waals surface area contributed by atoms with Crippen molar-refractivity contribution in [3.63, 3.8) is 0 Å². The average molecular weight is 395 g/mol. The maximum atomic E-state index is 13.2. The molecule has 6 nitrogen and oxygen atoms in total. The van der Waals surface area contributed by atoms with Crippen molar-refractivity contribution in [2.45, 2.75) is 26.3 Å². The Bertz CT molecular complexity index is 1080. The van der Waals surface area contributed by atoms with E-state index < -0.39 is 17.0 Å². The molecule has 0 aliphatic heterocycles. The lowest BCUT2D eigenvalue weighted by atomic mass is 10.0. The smallest absolute Gasteiger partial charge is 0.267 e. The molecule has 1 N–H and O–H groups in total. The summed E-state index contributed by atoms with van der Waals surface area (Å²) < 4.78 is 19.9. The summed E-state index contributed by atoms with van der Waals surface area (Å²) in [6.07, 6.45) is 0. The van der Waals surface area contributed by atoms with Gasteiger partial charge in [0.05, 0.1) is 18.0 Å². The fraction of sp³-hybridized carbons (Fsp3) is 0.227. The molecule has 0 radical (unpaired) electrons. The fourth-order valence-electron chi connectivity index (χ4n) is 2.81. The quantitative estimate of drug-likeness (QED) is 0.689. The Balaban J connectivity index is 1.94. The van der Waals surface area contributed by atoms with E-state index >= 15 is 0 Å². The van der Waals surface area contributed by atoms with Gasteiger partial charge in [0.2, 0.25) is 0 Å². The molecule has 7 heteroatoms. The highest BCUT2D eigenvalue weighted by atomic mass is 19.1. The number of carbonyl (C=O) groups excluding carboxylic acids is 1. The Hall–Kier alpha value is -3.48. The molecule has 0 aliphatic rings. The van der Waals surface area contributed by atoms with Crippen LogP contribution < -0.4 is 15.6 Å². The van der Waals surface area contributed by atoms with Gasteiger partial charge in [-0.15, -0.1) is 0 Å². The Labute approximate surface area is 168 Å². The van der Waals surface area contributed by atoms with E-state index in [1.807, 2.05) is 13.0 Å².